The van der Waals surface area contributed by atoms with E-state index < -0.39 is 33.5 Å². The molecule has 0 saturated carbocycles. The Balaban J connectivity index is 3.49. The third-order valence-electron chi connectivity index (χ3n) is 1.99. The highest BCUT2D eigenvalue weighted by Gasteiger charge is 2.39. The zero-order chi connectivity index (χ0) is 13.4. The van der Waals surface area contributed by atoms with E-state index in [1.165, 1.54) is 0 Å². The van der Waals surface area contributed by atoms with E-state index in [1.54, 1.807) is 0 Å². The summed E-state index contributed by atoms with van der Waals surface area (Å²) in [5.74, 6) is 0. The minimum atomic E-state index is -4.69. The molecule has 8 heteroatoms. The van der Waals surface area contributed by atoms with Gasteiger partial charge in [-0.3, -0.25) is 0 Å². The van der Waals surface area contributed by atoms with Crippen LogP contribution in [0, 0.1) is 0 Å². The molecule has 0 aliphatic rings. The van der Waals surface area contributed by atoms with E-state index in [0.717, 1.165) is 0 Å². The van der Waals surface area contributed by atoms with Crippen molar-refractivity contribution in [1.29, 1.82) is 0 Å². The quantitative estimate of drug-likeness (QED) is 0.449. The SMILES string of the molecule is FC(F)(F)c1ccc(C(F)(F)F)c(CBr)c1Br. The summed E-state index contributed by atoms with van der Waals surface area (Å²) in [6.45, 7) is 0. The fourth-order valence-corrected chi connectivity index (χ4v) is 2.91. The summed E-state index contributed by atoms with van der Waals surface area (Å²) in [5, 5.41) is -0.327. The maximum atomic E-state index is 12.5. The van der Waals surface area contributed by atoms with Crippen LogP contribution in [-0.4, -0.2) is 0 Å². The topological polar surface area (TPSA) is 0 Å². The standard InChI is InChI=1S/C9H4Br2F6/c10-3-4-5(8(12,13)14)1-2-6(7(4)11)9(15,16)17/h1-2H,3H2. The molecule has 1 aromatic carbocycles. The lowest BCUT2D eigenvalue weighted by Crippen LogP contribution is -2.13. The summed E-state index contributed by atoms with van der Waals surface area (Å²) in [7, 11) is 0. The van der Waals surface area contributed by atoms with Gasteiger partial charge in [-0.25, -0.2) is 0 Å². The van der Waals surface area contributed by atoms with Gasteiger partial charge in [0.1, 0.15) is 0 Å². The number of hydrogen-bond acceptors (Lipinski definition) is 0. The smallest absolute Gasteiger partial charge is 0.166 e. The number of alkyl halides is 7. The Morgan fingerprint density at radius 3 is 1.65 bits per heavy atom. The zero-order valence-corrected chi connectivity index (χ0v) is 11.1. The van der Waals surface area contributed by atoms with E-state index in [2.05, 4.69) is 31.9 Å². The van der Waals surface area contributed by atoms with E-state index in [1.807, 2.05) is 0 Å². The number of rotatable bonds is 1. The van der Waals surface area contributed by atoms with Gasteiger partial charge in [0.05, 0.1) is 11.1 Å². The molecule has 0 N–H and O–H groups in total. The molecular weight excluding hydrogens is 382 g/mol. The van der Waals surface area contributed by atoms with Crippen LogP contribution in [-0.2, 0) is 17.7 Å². The highest BCUT2D eigenvalue weighted by molar-refractivity contribution is 9.10. The van der Waals surface area contributed by atoms with Gasteiger partial charge >= 0.3 is 12.4 Å². The molecule has 0 heterocycles. The van der Waals surface area contributed by atoms with E-state index in [-0.39, 0.29) is 5.33 Å². The van der Waals surface area contributed by atoms with Crippen LogP contribution < -0.4 is 0 Å². The Morgan fingerprint density at radius 2 is 1.29 bits per heavy atom. The van der Waals surface area contributed by atoms with Gasteiger partial charge in [0.15, 0.2) is 0 Å². The molecule has 0 radical (unpaired) electrons. The van der Waals surface area contributed by atoms with Crippen molar-refractivity contribution >= 4 is 31.9 Å². The van der Waals surface area contributed by atoms with E-state index in [0.29, 0.717) is 12.1 Å². The predicted octanol–water partition coefficient (Wildman–Crippen LogP) is 5.38. The minimum Gasteiger partial charge on any atom is -0.166 e. The molecule has 0 saturated heterocycles. The summed E-state index contributed by atoms with van der Waals surface area (Å²) >= 11 is 5.33. The summed E-state index contributed by atoms with van der Waals surface area (Å²) in [6, 6.07) is 0.850. The lowest BCUT2D eigenvalue weighted by molar-refractivity contribution is -0.142. The molecule has 0 nitrogen and oxygen atoms in total. The maximum absolute atomic E-state index is 12.5. The summed E-state index contributed by atoms with van der Waals surface area (Å²) < 4.78 is 74.4. The molecule has 0 bridgehead atoms. The monoisotopic (exact) mass is 384 g/mol. The summed E-state index contributed by atoms with van der Waals surface area (Å²) in [4.78, 5) is 0. The van der Waals surface area contributed by atoms with Crippen LogP contribution in [0.4, 0.5) is 26.3 Å². The van der Waals surface area contributed by atoms with Gasteiger partial charge in [0, 0.05) is 9.80 Å². The summed E-state index contributed by atoms with van der Waals surface area (Å²) in [5.41, 5.74) is -2.68. The minimum absolute atomic E-state index is 0.327. The number of benzene rings is 1. The Morgan fingerprint density at radius 1 is 0.882 bits per heavy atom. The van der Waals surface area contributed by atoms with Gasteiger partial charge in [-0.2, -0.15) is 26.3 Å². The van der Waals surface area contributed by atoms with Crippen LogP contribution in [0.3, 0.4) is 0 Å². The number of hydrogen-bond donors (Lipinski definition) is 0. The van der Waals surface area contributed by atoms with Gasteiger partial charge in [-0.1, -0.05) is 15.9 Å². The number of halogens is 8. The van der Waals surface area contributed by atoms with Gasteiger partial charge in [0.25, 0.3) is 0 Å². The summed E-state index contributed by atoms with van der Waals surface area (Å²) in [6.07, 6.45) is -9.38. The van der Waals surface area contributed by atoms with Crippen molar-refractivity contribution in [3.05, 3.63) is 33.3 Å². The highest BCUT2D eigenvalue weighted by Crippen LogP contribution is 2.42. The second-order valence-electron chi connectivity index (χ2n) is 3.08. The average Bonchev–Trinajstić information content (AvgIpc) is 2.13. The Bertz CT molecular complexity index is 421. The van der Waals surface area contributed by atoms with Crippen molar-refractivity contribution in [3.63, 3.8) is 0 Å². The highest BCUT2D eigenvalue weighted by atomic mass is 79.9. The first-order chi connectivity index (χ1) is 7.59. The normalized spacial score (nSPS) is 12.9. The fourth-order valence-electron chi connectivity index (χ4n) is 1.24. The Labute approximate surface area is 109 Å². The van der Waals surface area contributed by atoms with E-state index >= 15 is 0 Å². The molecule has 0 atom stereocenters. The van der Waals surface area contributed by atoms with Crippen molar-refractivity contribution in [3.8, 4) is 0 Å². The van der Waals surface area contributed by atoms with Crippen molar-refractivity contribution in [2.24, 2.45) is 0 Å². The molecule has 0 spiro atoms. The third kappa shape index (κ3) is 3.15. The molecule has 0 fully saturated rings. The fraction of sp³-hybridized carbons (Fsp3) is 0.333. The van der Waals surface area contributed by atoms with Crippen LogP contribution in [0.15, 0.2) is 16.6 Å². The molecule has 0 unspecified atom stereocenters. The zero-order valence-electron chi connectivity index (χ0n) is 7.89. The molecule has 0 aliphatic carbocycles. The molecule has 0 amide bonds. The first kappa shape index (κ1) is 14.8. The lowest BCUT2D eigenvalue weighted by atomic mass is 10.0. The first-order valence-corrected chi connectivity index (χ1v) is 6.02. The second kappa shape index (κ2) is 4.79. The predicted molar refractivity (Wildman–Crippen MR) is 56.8 cm³/mol. The van der Waals surface area contributed by atoms with Crippen LogP contribution in [0.5, 0.6) is 0 Å². The van der Waals surface area contributed by atoms with Crippen molar-refractivity contribution < 1.29 is 26.3 Å². The Kier molecular flexibility index (Phi) is 4.18. The molecule has 17 heavy (non-hydrogen) atoms. The van der Waals surface area contributed by atoms with Crippen LogP contribution in [0.2, 0.25) is 0 Å². The van der Waals surface area contributed by atoms with Crippen LogP contribution >= 0.6 is 31.9 Å². The largest absolute Gasteiger partial charge is 0.417 e. The maximum Gasteiger partial charge on any atom is 0.417 e. The average molecular weight is 386 g/mol. The van der Waals surface area contributed by atoms with Crippen molar-refractivity contribution in [2.75, 3.05) is 0 Å². The van der Waals surface area contributed by atoms with E-state index in [9.17, 15) is 26.3 Å². The van der Waals surface area contributed by atoms with Crippen molar-refractivity contribution in [2.45, 2.75) is 17.7 Å². The molecular formula is C9H4Br2F6. The Hall–Kier alpha value is -0.240. The molecule has 0 aromatic heterocycles. The van der Waals surface area contributed by atoms with Gasteiger partial charge in [-0.05, 0) is 33.6 Å². The van der Waals surface area contributed by atoms with Crippen molar-refractivity contribution in [1.82, 2.24) is 0 Å². The van der Waals surface area contributed by atoms with Gasteiger partial charge < -0.3 is 0 Å². The van der Waals surface area contributed by atoms with Gasteiger partial charge in [-0.15, -0.1) is 0 Å². The molecule has 0 aliphatic heterocycles. The van der Waals surface area contributed by atoms with Crippen LogP contribution in [0.25, 0.3) is 0 Å². The molecule has 1 rings (SSSR count). The second-order valence-corrected chi connectivity index (χ2v) is 4.44. The van der Waals surface area contributed by atoms with Crippen LogP contribution in [0.1, 0.15) is 16.7 Å². The molecule has 1 aromatic rings. The lowest BCUT2D eigenvalue weighted by Gasteiger charge is -2.17. The first-order valence-electron chi connectivity index (χ1n) is 4.10. The van der Waals surface area contributed by atoms with E-state index in [4.69, 9.17) is 0 Å². The third-order valence-corrected chi connectivity index (χ3v) is 3.45. The molecule has 96 valence electrons. The van der Waals surface area contributed by atoms with Gasteiger partial charge in [0.2, 0.25) is 0 Å².